The summed E-state index contributed by atoms with van der Waals surface area (Å²) in [5.74, 6) is 0.480. The molecular weight excluding hydrogens is 434 g/mol. The number of hydrogen-bond acceptors (Lipinski definition) is 7. The topological polar surface area (TPSA) is 101 Å². The molecule has 8 heteroatoms. The molecule has 0 unspecified atom stereocenters. The summed E-state index contributed by atoms with van der Waals surface area (Å²) < 4.78 is 16.0. The van der Waals surface area contributed by atoms with Gasteiger partial charge in [-0.15, -0.1) is 0 Å². The first kappa shape index (κ1) is 22.4. The molecule has 0 radical (unpaired) electrons. The van der Waals surface area contributed by atoms with Crippen LogP contribution in [-0.4, -0.2) is 33.1 Å². The van der Waals surface area contributed by atoms with Crippen molar-refractivity contribution in [2.45, 2.75) is 0 Å². The Morgan fingerprint density at radius 3 is 2.21 bits per heavy atom. The lowest BCUT2D eigenvalue weighted by Gasteiger charge is -2.15. The second-order valence-electron chi connectivity index (χ2n) is 7.28. The van der Waals surface area contributed by atoms with Crippen LogP contribution < -0.4 is 24.4 Å². The van der Waals surface area contributed by atoms with Crippen LogP contribution in [0.15, 0.2) is 72.4 Å². The van der Waals surface area contributed by atoms with Gasteiger partial charge in [-0.1, -0.05) is 12.1 Å². The Labute approximate surface area is 196 Å². The molecule has 0 atom stereocenters. The molecule has 0 bridgehead atoms. The normalized spacial score (nSPS) is 13.1. The van der Waals surface area contributed by atoms with E-state index in [9.17, 15) is 9.59 Å². The first-order chi connectivity index (χ1) is 16.5. The first-order valence-electron chi connectivity index (χ1n) is 10.3. The zero-order valence-corrected chi connectivity index (χ0v) is 18.8. The molecule has 0 saturated heterocycles. The van der Waals surface area contributed by atoms with E-state index in [0.29, 0.717) is 39.8 Å². The van der Waals surface area contributed by atoms with Crippen molar-refractivity contribution in [3.8, 4) is 23.3 Å². The summed E-state index contributed by atoms with van der Waals surface area (Å²) in [4.78, 5) is 28.2. The van der Waals surface area contributed by atoms with Gasteiger partial charge in [-0.25, -0.2) is 4.90 Å². The minimum Gasteiger partial charge on any atom is -0.497 e. The van der Waals surface area contributed by atoms with E-state index in [2.05, 4.69) is 5.32 Å². The average Bonchev–Trinajstić information content (AvgIpc) is 3.12. The van der Waals surface area contributed by atoms with Crippen LogP contribution in [0.1, 0.15) is 11.1 Å². The van der Waals surface area contributed by atoms with Gasteiger partial charge in [0.25, 0.3) is 11.8 Å². The van der Waals surface area contributed by atoms with Gasteiger partial charge in [0.15, 0.2) is 11.5 Å². The van der Waals surface area contributed by atoms with Gasteiger partial charge in [0, 0.05) is 11.8 Å². The number of anilines is 2. The van der Waals surface area contributed by atoms with Crippen molar-refractivity contribution >= 4 is 28.8 Å². The van der Waals surface area contributed by atoms with Gasteiger partial charge in [-0.2, -0.15) is 5.26 Å². The van der Waals surface area contributed by atoms with E-state index in [1.807, 2.05) is 6.07 Å². The first-order valence-corrected chi connectivity index (χ1v) is 10.3. The fraction of sp³-hybridized carbons (Fsp3) is 0.115. The summed E-state index contributed by atoms with van der Waals surface area (Å²) in [6, 6.07) is 20.3. The number of benzene rings is 3. The lowest BCUT2D eigenvalue weighted by atomic mass is 10.0. The highest BCUT2D eigenvalue weighted by Gasteiger charge is 2.40. The molecule has 34 heavy (non-hydrogen) atoms. The van der Waals surface area contributed by atoms with Crippen LogP contribution in [0, 0.1) is 11.3 Å². The lowest BCUT2D eigenvalue weighted by molar-refractivity contribution is -0.120. The number of rotatable bonds is 7. The molecule has 4 rings (SSSR count). The monoisotopic (exact) mass is 455 g/mol. The second kappa shape index (κ2) is 9.38. The van der Waals surface area contributed by atoms with Gasteiger partial charge < -0.3 is 19.5 Å². The van der Waals surface area contributed by atoms with Crippen LogP contribution in [0.4, 0.5) is 11.4 Å². The van der Waals surface area contributed by atoms with Crippen LogP contribution in [0.5, 0.6) is 17.2 Å². The van der Waals surface area contributed by atoms with Crippen molar-refractivity contribution in [1.29, 1.82) is 5.26 Å². The Kier molecular flexibility index (Phi) is 6.19. The fourth-order valence-corrected chi connectivity index (χ4v) is 3.67. The Hall–Kier alpha value is -4.77. The number of carbonyl (C=O) groups excluding carboxylic acids is 2. The van der Waals surface area contributed by atoms with Gasteiger partial charge in [0.05, 0.1) is 44.2 Å². The third kappa shape index (κ3) is 4.02. The van der Waals surface area contributed by atoms with Crippen LogP contribution in [0.2, 0.25) is 0 Å². The van der Waals surface area contributed by atoms with Gasteiger partial charge in [0.2, 0.25) is 0 Å². The third-order valence-electron chi connectivity index (χ3n) is 5.35. The minimum atomic E-state index is -0.526. The van der Waals surface area contributed by atoms with Crippen molar-refractivity contribution in [3.05, 3.63) is 83.6 Å². The Morgan fingerprint density at radius 1 is 0.824 bits per heavy atom. The van der Waals surface area contributed by atoms with Crippen molar-refractivity contribution in [2.75, 3.05) is 31.5 Å². The van der Waals surface area contributed by atoms with E-state index in [-0.39, 0.29) is 11.3 Å². The van der Waals surface area contributed by atoms with E-state index >= 15 is 0 Å². The van der Waals surface area contributed by atoms with Crippen molar-refractivity contribution in [1.82, 2.24) is 0 Å². The minimum absolute atomic E-state index is 0.106. The summed E-state index contributed by atoms with van der Waals surface area (Å²) in [5.41, 5.74) is 2.13. The number of methoxy groups -OCH3 is 3. The molecule has 2 amide bonds. The maximum Gasteiger partial charge on any atom is 0.282 e. The van der Waals surface area contributed by atoms with Crippen LogP contribution in [0.3, 0.4) is 0 Å². The number of nitrogens with zero attached hydrogens (tertiary/aromatic N) is 2. The van der Waals surface area contributed by atoms with E-state index in [4.69, 9.17) is 19.5 Å². The van der Waals surface area contributed by atoms with E-state index < -0.39 is 11.8 Å². The quantitative estimate of drug-likeness (QED) is 0.538. The summed E-state index contributed by atoms with van der Waals surface area (Å²) in [7, 11) is 4.56. The summed E-state index contributed by atoms with van der Waals surface area (Å²) in [5, 5.41) is 12.2. The third-order valence-corrected chi connectivity index (χ3v) is 5.35. The summed E-state index contributed by atoms with van der Waals surface area (Å²) in [6.45, 7) is 0. The molecule has 1 N–H and O–H groups in total. The van der Waals surface area contributed by atoms with Gasteiger partial charge in [-0.05, 0) is 54.1 Å². The van der Waals surface area contributed by atoms with E-state index in [0.717, 1.165) is 4.90 Å². The molecule has 170 valence electrons. The maximum absolute atomic E-state index is 13.6. The summed E-state index contributed by atoms with van der Waals surface area (Å²) >= 11 is 0. The molecule has 1 aliphatic heterocycles. The van der Waals surface area contributed by atoms with Crippen molar-refractivity contribution in [2.24, 2.45) is 0 Å². The average molecular weight is 455 g/mol. The zero-order chi connectivity index (χ0) is 24.2. The maximum atomic E-state index is 13.6. The molecular formula is C26H21N3O5. The van der Waals surface area contributed by atoms with Crippen LogP contribution >= 0.6 is 0 Å². The molecule has 3 aromatic rings. The molecule has 3 aromatic carbocycles. The molecule has 0 spiro atoms. The molecule has 8 nitrogen and oxygen atoms in total. The van der Waals surface area contributed by atoms with E-state index in [1.165, 1.54) is 14.2 Å². The predicted molar refractivity (Wildman–Crippen MR) is 127 cm³/mol. The molecule has 0 fully saturated rings. The second-order valence-corrected chi connectivity index (χ2v) is 7.28. The Bertz CT molecular complexity index is 1340. The highest BCUT2D eigenvalue weighted by Crippen LogP contribution is 2.37. The fourth-order valence-electron chi connectivity index (χ4n) is 3.67. The van der Waals surface area contributed by atoms with Gasteiger partial charge in [-0.3, -0.25) is 9.59 Å². The largest absolute Gasteiger partial charge is 0.497 e. The number of amides is 2. The predicted octanol–water partition coefficient (Wildman–Crippen LogP) is 3.98. The number of hydrogen-bond donors (Lipinski definition) is 1. The molecule has 1 heterocycles. The number of nitrogens with one attached hydrogen (secondary N) is 1. The Morgan fingerprint density at radius 2 is 1.56 bits per heavy atom. The number of nitriles is 1. The summed E-state index contributed by atoms with van der Waals surface area (Å²) in [6.07, 6.45) is 0. The lowest BCUT2D eigenvalue weighted by Crippen LogP contribution is -2.32. The SMILES string of the molecule is COc1cccc(NC2=C(c3ccc(OC)c(OC)c3)C(=O)N(c3ccc(C#N)cc3)C2=O)c1. The molecule has 1 aliphatic rings. The Balaban J connectivity index is 1.84. The van der Waals surface area contributed by atoms with Crippen molar-refractivity contribution in [3.63, 3.8) is 0 Å². The highest BCUT2D eigenvalue weighted by molar-refractivity contribution is 6.46. The molecule has 0 aliphatic carbocycles. The van der Waals surface area contributed by atoms with Crippen LogP contribution in [0.25, 0.3) is 5.57 Å². The van der Waals surface area contributed by atoms with E-state index in [1.54, 1.807) is 73.8 Å². The molecule has 0 saturated carbocycles. The molecule has 0 aromatic heterocycles. The number of ether oxygens (including phenoxy) is 3. The zero-order valence-electron chi connectivity index (χ0n) is 18.8. The van der Waals surface area contributed by atoms with Crippen molar-refractivity contribution < 1.29 is 23.8 Å². The smallest absolute Gasteiger partial charge is 0.282 e. The number of imide groups is 1. The highest BCUT2D eigenvalue weighted by atomic mass is 16.5. The standard InChI is InChI=1S/C26H21N3O5/c1-32-20-6-4-5-18(14-20)28-24-23(17-9-12-21(33-2)22(13-17)34-3)25(30)29(26(24)31)19-10-7-16(15-27)8-11-19/h4-14,28H,1-3H3. The van der Waals surface area contributed by atoms with Crippen LogP contribution in [-0.2, 0) is 9.59 Å². The van der Waals surface area contributed by atoms with Gasteiger partial charge >= 0.3 is 0 Å². The van der Waals surface area contributed by atoms with Gasteiger partial charge in [0.1, 0.15) is 11.4 Å². The number of carbonyl (C=O) groups is 2.